The molecule has 0 amide bonds. The second-order valence-corrected chi connectivity index (χ2v) is 5.74. The van der Waals surface area contributed by atoms with Crippen LogP contribution in [0.15, 0.2) is 36.4 Å². The first-order valence-electron chi connectivity index (χ1n) is 8.58. The highest BCUT2D eigenvalue weighted by molar-refractivity contribution is 5.49. The van der Waals surface area contributed by atoms with Gasteiger partial charge < -0.3 is 4.79 Å². The van der Waals surface area contributed by atoms with Gasteiger partial charge in [0.1, 0.15) is 6.29 Å². The summed E-state index contributed by atoms with van der Waals surface area (Å²) in [6.45, 7) is 0. The second kappa shape index (κ2) is 13.6. The van der Waals surface area contributed by atoms with Crippen LogP contribution in [0, 0.1) is 0 Å². The lowest BCUT2D eigenvalue weighted by molar-refractivity contribution is -0.107. The molecule has 0 heterocycles. The number of hydrogen-bond donors (Lipinski definition) is 0. The van der Waals surface area contributed by atoms with E-state index in [9.17, 15) is 4.79 Å². The molecule has 0 atom stereocenters. The van der Waals surface area contributed by atoms with Crippen molar-refractivity contribution in [1.29, 1.82) is 0 Å². The molecule has 1 heteroatoms. The molecule has 1 aromatic rings. The molecule has 0 saturated heterocycles. The van der Waals surface area contributed by atoms with Crippen molar-refractivity contribution in [2.75, 3.05) is 0 Å². The van der Waals surface area contributed by atoms with Crippen LogP contribution in [-0.2, 0) is 4.79 Å². The van der Waals surface area contributed by atoms with Crippen molar-refractivity contribution in [2.45, 2.75) is 70.6 Å². The van der Waals surface area contributed by atoms with Gasteiger partial charge in [-0.1, -0.05) is 87.4 Å². The Balaban J connectivity index is 1.82. The summed E-state index contributed by atoms with van der Waals surface area (Å²) in [5, 5.41) is 0. The van der Waals surface area contributed by atoms with Gasteiger partial charge in [-0.25, -0.2) is 0 Å². The predicted molar refractivity (Wildman–Crippen MR) is 92.3 cm³/mol. The lowest BCUT2D eigenvalue weighted by atomic mass is 10.1. The Bertz CT molecular complexity index is 367. The summed E-state index contributed by atoms with van der Waals surface area (Å²) >= 11 is 0. The zero-order valence-corrected chi connectivity index (χ0v) is 13.3. The number of allylic oxidation sites excluding steroid dienone is 1. The summed E-state index contributed by atoms with van der Waals surface area (Å²) in [4.78, 5) is 10.2. The molecular formula is C20H30O. The minimum atomic E-state index is 0.747. The van der Waals surface area contributed by atoms with E-state index in [2.05, 4.69) is 42.5 Å². The first-order valence-corrected chi connectivity index (χ1v) is 8.58. The van der Waals surface area contributed by atoms with Crippen LogP contribution in [0.3, 0.4) is 0 Å². The van der Waals surface area contributed by atoms with Crippen molar-refractivity contribution in [3.05, 3.63) is 42.0 Å². The van der Waals surface area contributed by atoms with Crippen LogP contribution in [0.2, 0.25) is 0 Å². The van der Waals surface area contributed by atoms with Crippen LogP contribution >= 0.6 is 0 Å². The average Bonchev–Trinajstić information content (AvgIpc) is 2.53. The number of rotatable bonds is 13. The van der Waals surface area contributed by atoms with Gasteiger partial charge in [-0.2, -0.15) is 0 Å². The fourth-order valence-corrected chi connectivity index (χ4v) is 2.51. The van der Waals surface area contributed by atoms with E-state index >= 15 is 0 Å². The van der Waals surface area contributed by atoms with Gasteiger partial charge in [-0.05, 0) is 24.8 Å². The van der Waals surface area contributed by atoms with Gasteiger partial charge in [-0.3, -0.25) is 0 Å². The van der Waals surface area contributed by atoms with Crippen LogP contribution in [0.1, 0.15) is 76.2 Å². The van der Waals surface area contributed by atoms with Crippen LogP contribution in [0.4, 0.5) is 0 Å². The highest BCUT2D eigenvalue weighted by Crippen LogP contribution is 2.11. The number of carbonyl (C=O) groups excluding carboxylic acids is 1. The molecule has 21 heavy (non-hydrogen) atoms. The number of carbonyl (C=O) groups is 1. The lowest BCUT2D eigenvalue weighted by Crippen LogP contribution is -1.82. The third kappa shape index (κ3) is 11.0. The van der Waals surface area contributed by atoms with Crippen molar-refractivity contribution >= 4 is 12.4 Å². The van der Waals surface area contributed by atoms with Crippen LogP contribution in [0.5, 0.6) is 0 Å². The van der Waals surface area contributed by atoms with E-state index in [0.717, 1.165) is 19.1 Å². The summed E-state index contributed by atoms with van der Waals surface area (Å²) in [5.41, 5.74) is 1.30. The van der Waals surface area contributed by atoms with Crippen molar-refractivity contribution < 1.29 is 4.79 Å². The van der Waals surface area contributed by atoms with Crippen LogP contribution < -0.4 is 0 Å². The van der Waals surface area contributed by atoms with E-state index < -0.39 is 0 Å². The first-order chi connectivity index (χ1) is 10.4. The van der Waals surface area contributed by atoms with Gasteiger partial charge in [0.05, 0.1) is 0 Å². The third-order valence-electron chi connectivity index (χ3n) is 3.80. The molecular weight excluding hydrogens is 256 g/mol. The van der Waals surface area contributed by atoms with Crippen LogP contribution in [-0.4, -0.2) is 6.29 Å². The Kier molecular flexibility index (Phi) is 11.5. The maximum atomic E-state index is 10.2. The second-order valence-electron chi connectivity index (χ2n) is 5.74. The molecule has 1 rings (SSSR count). The van der Waals surface area contributed by atoms with Crippen molar-refractivity contribution in [3.63, 3.8) is 0 Å². The highest BCUT2D eigenvalue weighted by Gasteiger charge is 1.92. The van der Waals surface area contributed by atoms with Gasteiger partial charge in [0, 0.05) is 6.42 Å². The minimum Gasteiger partial charge on any atom is -0.303 e. The zero-order chi connectivity index (χ0) is 15.0. The first kappa shape index (κ1) is 17.7. The van der Waals surface area contributed by atoms with E-state index in [4.69, 9.17) is 0 Å². The van der Waals surface area contributed by atoms with E-state index in [1.165, 1.54) is 63.4 Å². The average molecular weight is 286 g/mol. The molecule has 0 aliphatic heterocycles. The minimum absolute atomic E-state index is 0.747. The zero-order valence-electron chi connectivity index (χ0n) is 13.3. The molecule has 116 valence electrons. The van der Waals surface area contributed by atoms with E-state index in [1.807, 2.05) is 0 Å². The molecule has 0 aromatic heterocycles. The molecule has 0 aliphatic rings. The van der Waals surface area contributed by atoms with Crippen molar-refractivity contribution in [1.82, 2.24) is 0 Å². The molecule has 0 unspecified atom stereocenters. The van der Waals surface area contributed by atoms with Crippen molar-refractivity contribution in [3.8, 4) is 0 Å². The molecule has 0 bridgehead atoms. The number of unbranched alkanes of at least 4 members (excludes halogenated alkanes) is 10. The fraction of sp³-hybridized carbons (Fsp3) is 0.550. The summed E-state index contributed by atoms with van der Waals surface area (Å²) in [6, 6.07) is 10.5. The monoisotopic (exact) mass is 286 g/mol. The molecule has 0 saturated carbocycles. The smallest absolute Gasteiger partial charge is 0.119 e. The van der Waals surface area contributed by atoms with E-state index in [1.54, 1.807) is 0 Å². The van der Waals surface area contributed by atoms with Gasteiger partial charge >= 0.3 is 0 Å². The van der Waals surface area contributed by atoms with Gasteiger partial charge in [0.25, 0.3) is 0 Å². The molecule has 0 fully saturated rings. The lowest BCUT2D eigenvalue weighted by Gasteiger charge is -2.01. The van der Waals surface area contributed by atoms with Gasteiger partial charge in [-0.15, -0.1) is 0 Å². The quantitative estimate of drug-likeness (QED) is 0.312. The largest absolute Gasteiger partial charge is 0.303 e. The number of benzene rings is 1. The summed E-state index contributed by atoms with van der Waals surface area (Å²) < 4.78 is 0. The summed E-state index contributed by atoms with van der Waals surface area (Å²) in [7, 11) is 0. The molecule has 1 aromatic carbocycles. The maximum absolute atomic E-state index is 10.2. The number of aldehydes is 1. The Morgan fingerprint density at radius 2 is 1.19 bits per heavy atom. The Morgan fingerprint density at radius 3 is 1.76 bits per heavy atom. The SMILES string of the molecule is O=CCCCCCCCCCCC/C=C/c1ccccc1. The molecule has 0 aliphatic carbocycles. The Morgan fingerprint density at radius 1 is 0.667 bits per heavy atom. The number of hydrogen-bond acceptors (Lipinski definition) is 1. The van der Waals surface area contributed by atoms with Crippen LogP contribution in [0.25, 0.3) is 6.08 Å². The molecule has 0 N–H and O–H groups in total. The van der Waals surface area contributed by atoms with Gasteiger partial charge in [0.2, 0.25) is 0 Å². The normalized spacial score (nSPS) is 11.0. The predicted octanol–water partition coefficient (Wildman–Crippen LogP) is 6.19. The molecule has 1 nitrogen and oxygen atoms in total. The summed E-state index contributed by atoms with van der Waals surface area (Å²) in [5.74, 6) is 0. The van der Waals surface area contributed by atoms with E-state index in [-0.39, 0.29) is 0 Å². The van der Waals surface area contributed by atoms with Gasteiger partial charge in [0.15, 0.2) is 0 Å². The van der Waals surface area contributed by atoms with E-state index in [0.29, 0.717) is 0 Å². The Hall–Kier alpha value is -1.37. The molecule has 0 radical (unpaired) electrons. The third-order valence-corrected chi connectivity index (χ3v) is 3.80. The fourth-order valence-electron chi connectivity index (χ4n) is 2.51. The Labute approximate surface area is 130 Å². The standard InChI is InChI=1S/C20H30O/c21-19-15-10-8-6-4-2-1-3-5-7-9-12-16-20-17-13-11-14-18-20/h11-14,16-19H,1-10,15H2/b16-12+. The summed E-state index contributed by atoms with van der Waals surface area (Å²) in [6.07, 6.45) is 19.2. The topological polar surface area (TPSA) is 17.1 Å². The highest BCUT2D eigenvalue weighted by atomic mass is 16.1. The molecule has 0 spiro atoms. The maximum Gasteiger partial charge on any atom is 0.119 e. The van der Waals surface area contributed by atoms with Crippen molar-refractivity contribution in [2.24, 2.45) is 0 Å².